The third-order valence-electron chi connectivity index (χ3n) is 4.92. The molecule has 2 aliphatic rings. The van der Waals surface area contributed by atoms with E-state index in [1.54, 1.807) is 0 Å². The highest BCUT2D eigenvalue weighted by Crippen LogP contribution is 2.27. The van der Waals surface area contributed by atoms with Crippen LogP contribution in [0.15, 0.2) is 6.07 Å². The maximum atomic E-state index is 4.82. The molecule has 0 radical (unpaired) electrons. The fourth-order valence-electron chi connectivity index (χ4n) is 3.74. The van der Waals surface area contributed by atoms with Crippen LogP contribution >= 0.6 is 0 Å². The van der Waals surface area contributed by atoms with E-state index < -0.39 is 0 Å². The van der Waals surface area contributed by atoms with Gasteiger partial charge in [-0.2, -0.15) is 4.98 Å². The van der Waals surface area contributed by atoms with E-state index in [1.807, 2.05) is 0 Å². The first kappa shape index (κ1) is 14.6. The number of piperidine rings is 1. The van der Waals surface area contributed by atoms with Crippen molar-refractivity contribution in [1.82, 2.24) is 9.97 Å². The summed E-state index contributed by atoms with van der Waals surface area (Å²) in [5.74, 6) is 1.95. The summed E-state index contributed by atoms with van der Waals surface area (Å²) in [4.78, 5) is 11.9. The van der Waals surface area contributed by atoms with Gasteiger partial charge in [-0.25, -0.2) is 4.98 Å². The van der Waals surface area contributed by atoms with Gasteiger partial charge in [-0.3, -0.25) is 0 Å². The van der Waals surface area contributed by atoms with Crippen molar-refractivity contribution in [2.45, 2.75) is 77.3 Å². The summed E-state index contributed by atoms with van der Waals surface area (Å²) in [7, 11) is 0. The number of anilines is 2. The van der Waals surface area contributed by atoms with Gasteiger partial charge in [0.2, 0.25) is 5.95 Å². The molecule has 4 nitrogen and oxygen atoms in total. The molecule has 1 aliphatic carbocycles. The normalized spacial score (nSPS) is 23.5. The summed E-state index contributed by atoms with van der Waals surface area (Å²) < 4.78 is 0. The molecule has 21 heavy (non-hydrogen) atoms. The Kier molecular flexibility index (Phi) is 4.61. The maximum Gasteiger partial charge on any atom is 0.225 e. The molecule has 116 valence electrons. The minimum absolute atomic E-state index is 0.572. The molecular weight excluding hydrogens is 260 g/mol. The standard InChI is InChI=1S/C17H28N4/c1-3-15-10-6-7-11-21(15)16-12-13(2)18-17(20-16)19-14-8-4-5-9-14/h12,14-15H,3-11H2,1-2H3,(H,18,19,20). The molecule has 0 bridgehead atoms. The van der Waals surface area contributed by atoms with Crippen LogP contribution in [-0.4, -0.2) is 28.6 Å². The van der Waals surface area contributed by atoms with Crippen LogP contribution in [0.25, 0.3) is 0 Å². The van der Waals surface area contributed by atoms with Crippen molar-refractivity contribution >= 4 is 11.8 Å². The van der Waals surface area contributed by atoms with E-state index in [-0.39, 0.29) is 0 Å². The highest BCUT2D eigenvalue weighted by atomic mass is 15.3. The average molecular weight is 288 g/mol. The van der Waals surface area contributed by atoms with E-state index in [0.29, 0.717) is 12.1 Å². The molecule has 1 aromatic heterocycles. The van der Waals surface area contributed by atoms with E-state index in [2.05, 4.69) is 35.1 Å². The van der Waals surface area contributed by atoms with Crippen molar-refractivity contribution in [2.24, 2.45) is 0 Å². The van der Waals surface area contributed by atoms with Crippen molar-refractivity contribution in [2.75, 3.05) is 16.8 Å². The number of rotatable bonds is 4. The average Bonchev–Trinajstić information content (AvgIpc) is 2.99. The van der Waals surface area contributed by atoms with Gasteiger partial charge in [0.25, 0.3) is 0 Å². The van der Waals surface area contributed by atoms with Crippen LogP contribution < -0.4 is 10.2 Å². The van der Waals surface area contributed by atoms with Gasteiger partial charge in [0.05, 0.1) is 0 Å². The van der Waals surface area contributed by atoms with Crippen LogP contribution in [0.1, 0.15) is 64.0 Å². The van der Waals surface area contributed by atoms with Crippen molar-refractivity contribution in [3.63, 3.8) is 0 Å². The van der Waals surface area contributed by atoms with Gasteiger partial charge >= 0.3 is 0 Å². The summed E-state index contributed by atoms with van der Waals surface area (Å²) in [6.07, 6.45) is 10.3. The zero-order valence-electron chi connectivity index (χ0n) is 13.4. The van der Waals surface area contributed by atoms with Gasteiger partial charge < -0.3 is 10.2 Å². The maximum absolute atomic E-state index is 4.82. The Morgan fingerprint density at radius 1 is 1.14 bits per heavy atom. The highest BCUT2D eigenvalue weighted by molar-refractivity contribution is 5.46. The summed E-state index contributed by atoms with van der Waals surface area (Å²) in [5, 5.41) is 3.55. The second kappa shape index (κ2) is 6.63. The van der Waals surface area contributed by atoms with Crippen molar-refractivity contribution in [1.29, 1.82) is 0 Å². The number of nitrogens with zero attached hydrogens (tertiary/aromatic N) is 3. The lowest BCUT2D eigenvalue weighted by Crippen LogP contribution is -2.39. The van der Waals surface area contributed by atoms with Crippen LogP contribution in [0.4, 0.5) is 11.8 Å². The number of aryl methyl sites for hydroxylation is 1. The smallest absolute Gasteiger partial charge is 0.225 e. The molecular formula is C17H28N4. The molecule has 4 heteroatoms. The quantitative estimate of drug-likeness (QED) is 0.912. The molecule has 2 heterocycles. The van der Waals surface area contributed by atoms with Gasteiger partial charge in [0.1, 0.15) is 5.82 Å². The SMILES string of the molecule is CCC1CCCCN1c1cc(C)nc(NC2CCCC2)n1. The molecule has 0 amide bonds. The first-order valence-corrected chi connectivity index (χ1v) is 8.65. The van der Waals surface area contributed by atoms with Crippen LogP contribution in [0, 0.1) is 6.92 Å². The molecule has 0 spiro atoms. The number of hydrogen-bond acceptors (Lipinski definition) is 4. The fourth-order valence-corrected chi connectivity index (χ4v) is 3.74. The molecule has 1 aromatic rings. The lowest BCUT2D eigenvalue weighted by Gasteiger charge is -2.36. The van der Waals surface area contributed by atoms with E-state index in [4.69, 9.17) is 4.98 Å². The Labute approximate surface area is 128 Å². The molecule has 1 unspecified atom stereocenters. The van der Waals surface area contributed by atoms with E-state index in [9.17, 15) is 0 Å². The van der Waals surface area contributed by atoms with Gasteiger partial charge in [-0.05, 0) is 45.4 Å². The van der Waals surface area contributed by atoms with Crippen molar-refractivity contribution in [3.8, 4) is 0 Å². The third kappa shape index (κ3) is 3.47. The van der Waals surface area contributed by atoms with E-state index in [0.717, 1.165) is 24.0 Å². The Balaban J connectivity index is 1.79. The molecule has 1 N–H and O–H groups in total. The first-order valence-electron chi connectivity index (χ1n) is 8.65. The summed E-state index contributed by atoms with van der Waals surface area (Å²) in [6, 6.07) is 3.36. The summed E-state index contributed by atoms with van der Waals surface area (Å²) in [5.41, 5.74) is 1.07. The van der Waals surface area contributed by atoms with Gasteiger partial charge in [-0.1, -0.05) is 19.8 Å². The largest absolute Gasteiger partial charge is 0.353 e. The number of hydrogen-bond donors (Lipinski definition) is 1. The van der Waals surface area contributed by atoms with E-state index in [1.165, 1.54) is 51.4 Å². The predicted molar refractivity (Wildman–Crippen MR) is 87.9 cm³/mol. The first-order chi connectivity index (χ1) is 10.3. The van der Waals surface area contributed by atoms with Gasteiger partial charge in [-0.15, -0.1) is 0 Å². The molecule has 1 saturated carbocycles. The Morgan fingerprint density at radius 2 is 1.90 bits per heavy atom. The van der Waals surface area contributed by atoms with Crippen LogP contribution in [0.5, 0.6) is 0 Å². The third-order valence-corrected chi connectivity index (χ3v) is 4.92. The minimum Gasteiger partial charge on any atom is -0.353 e. The molecule has 0 aromatic carbocycles. The van der Waals surface area contributed by atoms with Crippen LogP contribution in [-0.2, 0) is 0 Å². The molecule has 1 aliphatic heterocycles. The van der Waals surface area contributed by atoms with Crippen LogP contribution in [0.2, 0.25) is 0 Å². The lowest BCUT2D eigenvalue weighted by atomic mass is 10.00. The fraction of sp³-hybridized carbons (Fsp3) is 0.765. The predicted octanol–water partition coefficient (Wildman–Crippen LogP) is 3.91. The van der Waals surface area contributed by atoms with Gasteiger partial charge in [0, 0.05) is 30.4 Å². The molecule has 1 atom stereocenters. The Morgan fingerprint density at radius 3 is 2.67 bits per heavy atom. The molecule has 2 fully saturated rings. The van der Waals surface area contributed by atoms with Crippen molar-refractivity contribution in [3.05, 3.63) is 11.8 Å². The Bertz CT molecular complexity index is 468. The highest BCUT2D eigenvalue weighted by Gasteiger charge is 2.23. The number of aromatic nitrogens is 2. The Hall–Kier alpha value is -1.32. The van der Waals surface area contributed by atoms with E-state index >= 15 is 0 Å². The zero-order valence-corrected chi connectivity index (χ0v) is 13.4. The molecule has 3 rings (SSSR count). The number of nitrogens with one attached hydrogen (secondary N) is 1. The van der Waals surface area contributed by atoms with Gasteiger partial charge in [0.15, 0.2) is 0 Å². The second-order valence-corrected chi connectivity index (χ2v) is 6.57. The van der Waals surface area contributed by atoms with Crippen LogP contribution in [0.3, 0.4) is 0 Å². The summed E-state index contributed by atoms with van der Waals surface area (Å²) in [6.45, 7) is 5.50. The summed E-state index contributed by atoms with van der Waals surface area (Å²) >= 11 is 0. The minimum atomic E-state index is 0.572. The molecule has 1 saturated heterocycles. The lowest BCUT2D eigenvalue weighted by molar-refractivity contribution is 0.446. The zero-order chi connectivity index (χ0) is 14.7. The second-order valence-electron chi connectivity index (χ2n) is 6.57. The monoisotopic (exact) mass is 288 g/mol. The topological polar surface area (TPSA) is 41.1 Å². The van der Waals surface area contributed by atoms with Crippen molar-refractivity contribution < 1.29 is 0 Å².